The molecule has 0 aromatic rings. The van der Waals surface area contributed by atoms with Crippen LogP contribution in [0.2, 0.25) is 0 Å². The number of alkyl halides is 36. The summed E-state index contributed by atoms with van der Waals surface area (Å²) < 4.78 is 476. The van der Waals surface area contributed by atoms with E-state index in [4.69, 9.17) is 15.3 Å². The van der Waals surface area contributed by atoms with Gasteiger partial charge in [0.1, 0.15) is 0 Å². The fourth-order valence-corrected chi connectivity index (χ4v) is 15.3. The molecule has 0 amide bonds. The van der Waals surface area contributed by atoms with Gasteiger partial charge in [-0.2, -0.15) is 158 Å². The summed E-state index contributed by atoms with van der Waals surface area (Å²) in [6, 6.07) is 0. The molecular formula is C51H54F36O6. The van der Waals surface area contributed by atoms with Crippen molar-refractivity contribution in [2.45, 2.75) is 211 Å². The number of aliphatic hydroxyl groups is 4. The highest BCUT2D eigenvalue weighted by atomic mass is 19.5. The molecular weight excluding hydrogens is 1390 g/mol. The molecule has 11 aliphatic carbocycles. The molecule has 8 atom stereocenters. The first-order valence-corrected chi connectivity index (χ1v) is 27.6. The molecule has 0 heterocycles. The molecule has 0 aromatic heterocycles. The number of rotatable bonds is 16. The fourth-order valence-electron chi connectivity index (χ4n) is 15.3. The zero-order chi connectivity index (χ0) is 72.4. The van der Waals surface area contributed by atoms with Crippen LogP contribution >= 0.6 is 0 Å². The lowest BCUT2D eigenvalue weighted by molar-refractivity contribution is -0.401. The quantitative estimate of drug-likeness (QED) is 0.0908. The van der Waals surface area contributed by atoms with E-state index in [2.05, 4.69) is 9.47 Å². The zero-order valence-corrected chi connectivity index (χ0v) is 47.0. The summed E-state index contributed by atoms with van der Waals surface area (Å²) in [5.74, 6) is -2.19. The van der Waals surface area contributed by atoms with E-state index in [1.54, 1.807) is 12.5 Å². The summed E-state index contributed by atoms with van der Waals surface area (Å²) in [6.45, 7) is 0.857. The first kappa shape index (κ1) is 79.0. The van der Waals surface area contributed by atoms with Crippen LogP contribution in [0, 0.1) is 88.8 Å². The van der Waals surface area contributed by atoms with Crippen LogP contribution in [0.15, 0.2) is 12.2 Å². The van der Waals surface area contributed by atoms with Crippen molar-refractivity contribution < 1.29 is 188 Å². The summed E-state index contributed by atoms with van der Waals surface area (Å²) in [5.41, 5.74) is -32.0. The van der Waals surface area contributed by atoms with Gasteiger partial charge in [0.2, 0.25) is 0 Å². The van der Waals surface area contributed by atoms with Crippen LogP contribution in [0.4, 0.5) is 158 Å². The van der Waals surface area contributed by atoms with Gasteiger partial charge in [-0.15, -0.1) is 0 Å². The minimum Gasteiger partial charge on any atom is -0.374 e. The van der Waals surface area contributed by atoms with Crippen molar-refractivity contribution in [2.24, 2.45) is 88.8 Å². The van der Waals surface area contributed by atoms with Gasteiger partial charge in [0.25, 0.3) is 33.6 Å². The van der Waals surface area contributed by atoms with Gasteiger partial charge < -0.3 is 29.9 Å². The number of allylic oxidation sites excluding steroid dienone is 1. The second kappa shape index (κ2) is 23.6. The Morgan fingerprint density at radius 1 is 0.301 bits per heavy atom. The average molecular weight is 1450 g/mol. The highest BCUT2D eigenvalue weighted by Crippen LogP contribution is 2.92. The molecule has 0 aliphatic heterocycles. The van der Waals surface area contributed by atoms with Gasteiger partial charge in [-0.25, -0.2) is 0 Å². The van der Waals surface area contributed by atoms with E-state index >= 15 is 0 Å². The van der Waals surface area contributed by atoms with Gasteiger partial charge in [-0.1, -0.05) is 32.9 Å². The summed E-state index contributed by atoms with van der Waals surface area (Å²) in [7, 11) is 0. The predicted molar refractivity (Wildman–Crippen MR) is 237 cm³/mol. The molecule has 42 heteroatoms. The molecule has 11 aliphatic rings. The predicted octanol–water partition coefficient (Wildman–Crippen LogP) is 17.1. The average Bonchev–Trinajstić information content (AvgIpc) is 1.43. The number of hydrogen-bond donors (Lipinski definition) is 4. The van der Waals surface area contributed by atoms with E-state index in [0.717, 1.165) is 0 Å². The van der Waals surface area contributed by atoms with E-state index in [-0.39, 0.29) is 37.5 Å². The van der Waals surface area contributed by atoms with Crippen molar-refractivity contribution in [3.8, 4) is 0 Å². The third-order valence-electron chi connectivity index (χ3n) is 19.7. The van der Waals surface area contributed by atoms with E-state index < -0.39 is 194 Å². The molecule has 0 aromatic carbocycles. The molecule has 546 valence electrons. The van der Waals surface area contributed by atoms with Crippen molar-refractivity contribution in [3.63, 3.8) is 0 Å². The van der Waals surface area contributed by atoms with Crippen LogP contribution in [0.1, 0.15) is 91.4 Å². The van der Waals surface area contributed by atoms with Crippen molar-refractivity contribution >= 4 is 0 Å². The maximum absolute atomic E-state index is 13.7. The number of fused-ring (bicyclic) bond motifs is 2. The SMILES string of the molecule is C1C2C3C2C2C1C32.CC(CC(O)(C(F)(F)F)C(F)(F)F)CC(O)(C(F)(F)F)C(F)(F)F.CC(CC(O)(C(F)(F)F)C(F)(F)F)CC(OC1C2CC3C(C2)C31)(C(F)(F)F)C(F)(F)F.CC(CC(O)(C(F)(F)F)C(F)(F)F)CC(OC1CC2C=CC1C2)(C(F)(F)F)C(F)(F)F. The maximum Gasteiger partial charge on any atom is 0.426 e. The molecule has 11 rings (SSSR count). The van der Waals surface area contributed by atoms with Gasteiger partial charge in [0.15, 0.2) is 0 Å². The molecule has 10 fully saturated rings. The van der Waals surface area contributed by atoms with E-state index in [0.29, 0.717) is 26.7 Å². The number of hydrogen-bond acceptors (Lipinski definition) is 6. The van der Waals surface area contributed by atoms with Crippen LogP contribution in [0.3, 0.4) is 0 Å². The molecule has 0 spiro atoms. The lowest BCUT2D eigenvalue weighted by atomic mass is 9.81. The van der Waals surface area contributed by atoms with Crippen LogP contribution in [0.5, 0.6) is 0 Å². The molecule has 93 heavy (non-hydrogen) atoms. The number of ether oxygens (including phenoxy) is 2. The van der Waals surface area contributed by atoms with Crippen LogP contribution in [-0.2, 0) is 9.47 Å². The van der Waals surface area contributed by atoms with Crippen molar-refractivity contribution in [1.29, 1.82) is 0 Å². The van der Waals surface area contributed by atoms with Crippen LogP contribution < -0.4 is 0 Å². The minimum absolute atomic E-state index is 0.0628. The van der Waals surface area contributed by atoms with Gasteiger partial charge >= 0.3 is 74.1 Å². The Kier molecular flexibility index (Phi) is 20.0. The van der Waals surface area contributed by atoms with Gasteiger partial charge in [0.05, 0.1) is 12.2 Å². The third kappa shape index (κ3) is 13.9. The monoisotopic (exact) mass is 1450 g/mol. The van der Waals surface area contributed by atoms with Crippen LogP contribution in [0.25, 0.3) is 0 Å². The molecule has 0 radical (unpaired) electrons. The second-order valence-corrected chi connectivity index (χ2v) is 26.1. The van der Waals surface area contributed by atoms with Gasteiger partial charge in [-0.3, -0.25) is 0 Å². The lowest BCUT2D eigenvalue weighted by Gasteiger charge is -2.42. The Hall–Kier alpha value is -3.02. The minimum atomic E-state index is -6.41. The van der Waals surface area contributed by atoms with Crippen molar-refractivity contribution in [2.75, 3.05) is 0 Å². The summed E-state index contributed by atoms with van der Waals surface area (Å²) in [4.78, 5) is 0. The summed E-state index contributed by atoms with van der Waals surface area (Å²) in [6.07, 6.45) is -88.0. The Labute approximate surface area is 500 Å². The van der Waals surface area contributed by atoms with Gasteiger partial charge in [0, 0.05) is 5.92 Å². The molecule has 8 bridgehead atoms. The highest BCUT2D eigenvalue weighted by Gasteiger charge is 2.88. The first-order valence-electron chi connectivity index (χ1n) is 27.6. The number of halogens is 36. The largest absolute Gasteiger partial charge is 0.426 e. The zero-order valence-electron chi connectivity index (χ0n) is 47.0. The summed E-state index contributed by atoms with van der Waals surface area (Å²) in [5, 5.41) is 35.9. The normalized spacial score (nSPS) is 31.1. The highest BCUT2D eigenvalue weighted by molar-refractivity contribution is 5.35. The van der Waals surface area contributed by atoms with Gasteiger partial charge in [-0.05, 0) is 153 Å². The Morgan fingerprint density at radius 3 is 0.742 bits per heavy atom. The van der Waals surface area contributed by atoms with E-state index in [9.17, 15) is 163 Å². The molecule has 10 saturated carbocycles. The fraction of sp³-hybridized carbons (Fsp3) is 0.961. The Morgan fingerprint density at radius 2 is 0.559 bits per heavy atom. The Bertz CT molecular complexity index is 2430. The standard InChI is InChI=1S/2C17H18F12O2.C10H10F12O2.C7H8/c1-6(4-12(30,14(18,19)20)15(21,22)23)5-13(16(24,25)26,17(27,28)29)31-11-7-2-8-9(3-7)10(8)11;1-8(6-12(30,14(18,19)20)15(21,22)23)7-13(16(24,25)26,17(27,28)29)31-11-5-9-2-3-10(11)4-9;1-4(2-5(23,7(11,12)13)8(14,15)16)3-6(24,9(17,18)19)10(20,21)22;1-2-4-5(2)7-3(1)6(4)7/h6-11,30H,2-5H2,1H3;2-3,8-11,30H,4-7H2,1H3;4,23-24H,2-3H2,1H3;2-7H,1H2. The maximum atomic E-state index is 13.7. The molecule has 6 nitrogen and oxygen atoms in total. The Balaban J connectivity index is 0.000000210. The lowest BCUT2D eigenvalue weighted by Crippen LogP contribution is -2.62. The van der Waals surface area contributed by atoms with E-state index in [1.807, 2.05) is 0 Å². The topological polar surface area (TPSA) is 99.4 Å². The smallest absolute Gasteiger partial charge is 0.374 e. The molecule has 8 unspecified atom stereocenters. The van der Waals surface area contributed by atoms with Crippen LogP contribution in [-0.4, -0.2) is 140 Å². The van der Waals surface area contributed by atoms with Crippen molar-refractivity contribution in [3.05, 3.63) is 12.2 Å². The second-order valence-electron chi connectivity index (χ2n) is 26.1. The van der Waals surface area contributed by atoms with E-state index in [1.165, 1.54) is 41.6 Å². The first-order chi connectivity index (χ1) is 40.9. The van der Waals surface area contributed by atoms with Crippen molar-refractivity contribution in [1.82, 2.24) is 0 Å². The molecule has 0 saturated heterocycles. The third-order valence-corrected chi connectivity index (χ3v) is 19.7. The molecule has 4 N–H and O–H groups in total. The summed E-state index contributed by atoms with van der Waals surface area (Å²) >= 11 is 0.